The van der Waals surface area contributed by atoms with Crippen molar-refractivity contribution in [3.8, 4) is 5.75 Å². The lowest BCUT2D eigenvalue weighted by molar-refractivity contribution is 0.0951. The van der Waals surface area contributed by atoms with Gasteiger partial charge < -0.3 is 10.1 Å². The van der Waals surface area contributed by atoms with E-state index < -0.39 is 0 Å². The molecule has 0 atom stereocenters. The molecule has 1 aromatic carbocycles. The van der Waals surface area contributed by atoms with E-state index in [1.54, 1.807) is 18.2 Å². The van der Waals surface area contributed by atoms with Crippen LogP contribution in [0.2, 0.25) is 5.02 Å². The Morgan fingerprint density at radius 3 is 2.71 bits per heavy atom. The first-order chi connectivity index (χ1) is 8.06. The molecule has 4 heteroatoms. The van der Waals surface area contributed by atoms with Crippen molar-refractivity contribution < 1.29 is 9.53 Å². The average Bonchev–Trinajstić information content (AvgIpc) is 3.04. The molecule has 0 aromatic heterocycles. The molecule has 0 aliphatic heterocycles. The fourth-order valence-electron chi connectivity index (χ4n) is 1.49. The third-order valence-electron chi connectivity index (χ3n) is 2.47. The summed E-state index contributed by atoms with van der Waals surface area (Å²) in [6.07, 6.45) is 2.22. The largest absolute Gasteiger partial charge is 0.489 e. The van der Waals surface area contributed by atoms with Gasteiger partial charge in [-0.2, -0.15) is 0 Å². The van der Waals surface area contributed by atoms with E-state index in [-0.39, 0.29) is 12.0 Å². The molecule has 2 rings (SSSR count). The van der Waals surface area contributed by atoms with Crippen molar-refractivity contribution in [1.82, 2.24) is 5.32 Å². The molecule has 17 heavy (non-hydrogen) atoms. The molecule has 0 saturated heterocycles. The molecular formula is C13H16ClNO2. The van der Waals surface area contributed by atoms with Gasteiger partial charge in [-0.15, -0.1) is 0 Å². The van der Waals surface area contributed by atoms with Gasteiger partial charge in [0.2, 0.25) is 0 Å². The van der Waals surface area contributed by atoms with Crippen LogP contribution in [0, 0.1) is 0 Å². The van der Waals surface area contributed by atoms with E-state index >= 15 is 0 Å². The minimum absolute atomic E-state index is 0.0644. The Morgan fingerprint density at radius 1 is 1.47 bits per heavy atom. The fraction of sp³-hybridized carbons (Fsp3) is 0.462. The second kappa shape index (κ2) is 4.96. The van der Waals surface area contributed by atoms with Crippen LogP contribution in [0.1, 0.15) is 37.0 Å². The number of ether oxygens (including phenoxy) is 1. The van der Waals surface area contributed by atoms with Crippen LogP contribution in [0.25, 0.3) is 0 Å². The number of carbonyl (C=O) groups is 1. The van der Waals surface area contributed by atoms with Crippen LogP contribution in [-0.4, -0.2) is 18.1 Å². The van der Waals surface area contributed by atoms with Crippen LogP contribution < -0.4 is 10.1 Å². The van der Waals surface area contributed by atoms with Gasteiger partial charge in [0.1, 0.15) is 5.75 Å². The normalized spacial score (nSPS) is 14.8. The number of halogens is 1. The zero-order chi connectivity index (χ0) is 12.4. The molecule has 3 nitrogen and oxygen atoms in total. The monoisotopic (exact) mass is 253 g/mol. The predicted octanol–water partition coefficient (Wildman–Crippen LogP) is 3.02. The first kappa shape index (κ1) is 12.2. The lowest BCUT2D eigenvalue weighted by Crippen LogP contribution is -2.25. The standard InChI is InChI=1S/C13H16ClNO2/c1-8(2)17-12-6-3-9(7-11(12)14)13(16)15-10-4-5-10/h3,6-8,10H,4-5H2,1-2H3,(H,15,16). The number of carbonyl (C=O) groups excluding carboxylic acids is 1. The Hall–Kier alpha value is -1.22. The lowest BCUT2D eigenvalue weighted by Gasteiger charge is -2.12. The minimum atomic E-state index is -0.0644. The summed E-state index contributed by atoms with van der Waals surface area (Å²) in [4.78, 5) is 11.8. The van der Waals surface area contributed by atoms with Gasteiger partial charge in [-0.05, 0) is 44.9 Å². The summed E-state index contributed by atoms with van der Waals surface area (Å²) < 4.78 is 5.51. The Labute approximate surface area is 106 Å². The van der Waals surface area contributed by atoms with Crippen molar-refractivity contribution in [3.05, 3.63) is 28.8 Å². The van der Waals surface area contributed by atoms with Crippen molar-refractivity contribution >= 4 is 17.5 Å². The predicted molar refractivity (Wildman–Crippen MR) is 67.7 cm³/mol. The summed E-state index contributed by atoms with van der Waals surface area (Å²) in [6.45, 7) is 3.87. The van der Waals surface area contributed by atoms with Gasteiger partial charge in [-0.3, -0.25) is 4.79 Å². The Bertz CT molecular complexity index is 427. The van der Waals surface area contributed by atoms with Crippen LogP contribution in [0.3, 0.4) is 0 Å². The van der Waals surface area contributed by atoms with Crippen LogP contribution in [0.5, 0.6) is 5.75 Å². The van der Waals surface area contributed by atoms with Crippen molar-refractivity contribution in [2.45, 2.75) is 38.8 Å². The summed E-state index contributed by atoms with van der Waals surface area (Å²) in [7, 11) is 0. The molecule has 1 aromatic rings. The van der Waals surface area contributed by atoms with Crippen LogP contribution in [0.4, 0.5) is 0 Å². The second-order valence-corrected chi connectivity index (χ2v) is 4.97. The molecule has 0 heterocycles. The topological polar surface area (TPSA) is 38.3 Å². The summed E-state index contributed by atoms with van der Waals surface area (Å²) in [5.41, 5.74) is 0.581. The maximum Gasteiger partial charge on any atom is 0.251 e. The number of hydrogen-bond acceptors (Lipinski definition) is 2. The van der Waals surface area contributed by atoms with E-state index in [0.717, 1.165) is 12.8 Å². The molecule has 1 amide bonds. The Kier molecular flexibility index (Phi) is 3.57. The number of amides is 1. The van der Waals surface area contributed by atoms with Gasteiger partial charge in [0.05, 0.1) is 11.1 Å². The summed E-state index contributed by atoms with van der Waals surface area (Å²) >= 11 is 6.06. The second-order valence-electron chi connectivity index (χ2n) is 4.56. The highest BCUT2D eigenvalue weighted by Gasteiger charge is 2.24. The van der Waals surface area contributed by atoms with Gasteiger partial charge in [0, 0.05) is 11.6 Å². The molecule has 0 radical (unpaired) electrons. The molecule has 1 fully saturated rings. The van der Waals surface area contributed by atoms with E-state index in [2.05, 4.69) is 5.32 Å². The highest BCUT2D eigenvalue weighted by Crippen LogP contribution is 2.27. The lowest BCUT2D eigenvalue weighted by atomic mass is 10.2. The fourth-order valence-corrected chi connectivity index (χ4v) is 1.71. The van der Waals surface area contributed by atoms with E-state index in [1.807, 2.05) is 13.8 Å². The molecule has 1 N–H and O–H groups in total. The third-order valence-corrected chi connectivity index (χ3v) is 2.76. The van der Waals surface area contributed by atoms with Gasteiger partial charge in [-0.25, -0.2) is 0 Å². The third kappa shape index (κ3) is 3.37. The molecule has 1 aliphatic carbocycles. The van der Waals surface area contributed by atoms with Crippen LogP contribution in [0.15, 0.2) is 18.2 Å². The van der Waals surface area contributed by atoms with E-state index in [1.165, 1.54) is 0 Å². The first-order valence-electron chi connectivity index (χ1n) is 5.83. The van der Waals surface area contributed by atoms with Crippen molar-refractivity contribution in [2.24, 2.45) is 0 Å². The smallest absolute Gasteiger partial charge is 0.251 e. The molecule has 1 aliphatic rings. The van der Waals surface area contributed by atoms with Gasteiger partial charge in [0.15, 0.2) is 0 Å². The zero-order valence-corrected chi connectivity index (χ0v) is 10.8. The summed E-state index contributed by atoms with van der Waals surface area (Å²) in [6, 6.07) is 5.48. The Balaban J connectivity index is 2.08. The molecular weight excluding hydrogens is 238 g/mol. The van der Waals surface area contributed by atoms with E-state index in [0.29, 0.717) is 22.4 Å². The molecule has 92 valence electrons. The van der Waals surface area contributed by atoms with Gasteiger partial charge >= 0.3 is 0 Å². The Morgan fingerprint density at radius 2 is 2.18 bits per heavy atom. The average molecular weight is 254 g/mol. The summed E-state index contributed by atoms with van der Waals surface area (Å²) in [5.74, 6) is 0.551. The van der Waals surface area contributed by atoms with E-state index in [4.69, 9.17) is 16.3 Å². The van der Waals surface area contributed by atoms with Crippen LogP contribution >= 0.6 is 11.6 Å². The van der Waals surface area contributed by atoms with Crippen molar-refractivity contribution in [3.63, 3.8) is 0 Å². The summed E-state index contributed by atoms with van der Waals surface area (Å²) in [5, 5.41) is 3.39. The molecule has 0 spiro atoms. The van der Waals surface area contributed by atoms with Gasteiger partial charge in [0.25, 0.3) is 5.91 Å². The minimum Gasteiger partial charge on any atom is -0.489 e. The SMILES string of the molecule is CC(C)Oc1ccc(C(=O)NC2CC2)cc1Cl. The maximum absolute atomic E-state index is 11.8. The molecule has 0 bridgehead atoms. The number of hydrogen-bond donors (Lipinski definition) is 1. The highest BCUT2D eigenvalue weighted by atomic mass is 35.5. The maximum atomic E-state index is 11.8. The zero-order valence-electron chi connectivity index (χ0n) is 10.00. The molecule has 1 saturated carbocycles. The first-order valence-corrected chi connectivity index (χ1v) is 6.21. The highest BCUT2D eigenvalue weighted by molar-refractivity contribution is 6.32. The van der Waals surface area contributed by atoms with Crippen LogP contribution in [-0.2, 0) is 0 Å². The number of benzene rings is 1. The number of nitrogens with one attached hydrogen (secondary N) is 1. The quantitative estimate of drug-likeness (QED) is 0.896. The number of rotatable bonds is 4. The van der Waals surface area contributed by atoms with Crippen molar-refractivity contribution in [1.29, 1.82) is 0 Å². The molecule has 0 unspecified atom stereocenters. The van der Waals surface area contributed by atoms with Crippen molar-refractivity contribution in [2.75, 3.05) is 0 Å². The van der Waals surface area contributed by atoms with E-state index in [9.17, 15) is 4.79 Å². The van der Waals surface area contributed by atoms with Gasteiger partial charge in [-0.1, -0.05) is 11.6 Å².